The molecule has 0 bridgehead atoms. The number of likely N-dealkylation sites (tertiary alicyclic amines) is 1. The molecule has 0 aromatic heterocycles. The summed E-state index contributed by atoms with van der Waals surface area (Å²) in [7, 11) is 0. The molecular formula is C12H23N3. The lowest BCUT2D eigenvalue weighted by Crippen LogP contribution is -2.44. The van der Waals surface area contributed by atoms with Crippen LogP contribution in [0.5, 0.6) is 0 Å². The summed E-state index contributed by atoms with van der Waals surface area (Å²) in [5.74, 6) is 0. The normalized spacial score (nSPS) is 21.9. The number of piperidine rings is 1. The average Bonchev–Trinajstić information content (AvgIpc) is 2.19. The first-order valence-corrected chi connectivity index (χ1v) is 6.07. The predicted octanol–water partition coefficient (Wildman–Crippen LogP) is 1.75. The zero-order chi connectivity index (χ0) is 11.1. The molecular weight excluding hydrogens is 186 g/mol. The van der Waals surface area contributed by atoms with Crippen molar-refractivity contribution in [3.05, 3.63) is 0 Å². The molecule has 0 aliphatic carbocycles. The number of rotatable bonds is 5. The van der Waals surface area contributed by atoms with Crippen LogP contribution in [0.2, 0.25) is 0 Å². The molecule has 0 aromatic carbocycles. The number of nitrogens with one attached hydrogen (secondary N) is 1. The van der Waals surface area contributed by atoms with Crippen molar-refractivity contribution < 1.29 is 0 Å². The molecule has 15 heavy (non-hydrogen) atoms. The van der Waals surface area contributed by atoms with Gasteiger partial charge in [0, 0.05) is 18.6 Å². The first kappa shape index (κ1) is 12.5. The summed E-state index contributed by atoms with van der Waals surface area (Å²) in [5, 5.41) is 12.0. The van der Waals surface area contributed by atoms with Crippen LogP contribution in [0.4, 0.5) is 0 Å². The van der Waals surface area contributed by atoms with Gasteiger partial charge in [0.1, 0.15) is 0 Å². The highest BCUT2D eigenvalue weighted by Crippen LogP contribution is 2.08. The van der Waals surface area contributed by atoms with Gasteiger partial charge in [-0.2, -0.15) is 5.26 Å². The summed E-state index contributed by atoms with van der Waals surface area (Å²) in [6, 6.07) is 3.01. The van der Waals surface area contributed by atoms with Gasteiger partial charge in [0.05, 0.1) is 12.5 Å². The molecule has 2 unspecified atom stereocenters. The lowest BCUT2D eigenvalue weighted by Gasteiger charge is -2.30. The molecule has 3 nitrogen and oxygen atoms in total. The smallest absolute Gasteiger partial charge is 0.0638 e. The minimum atomic E-state index is 0.315. The van der Waals surface area contributed by atoms with Gasteiger partial charge in [-0.05, 0) is 39.8 Å². The van der Waals surface area contributed by atoms with E-state index in [1.54, 1.807) is 0 Å². The molecule has 0 saturated carbocycles. The Bertz CT molecular complexity index is 203. The molecule has 0 amide bonds. The highest BCUT2D eigenvalue weighted by atomic mass is 15.2. The number of hydrogen-bond donors (Lipinski definition) is 1. The van der Waals surface area contributed by atoms with Crippen molar-refractivity contribution in [3.8, 4) is 6.07 Å². The molecule has 1 aliphatic heterocycles. The Morgan fingerprint density at radius 3 is 2.47 bits per heavy atom. The highest BCUT2D eigenvalue weighted by Gasteiger charge is 2.14. The Balaban J connectivity index is 2.16. The zero-order valence-electron chi connectivity index (χ0n) is 10.00. The van der Waals surface area contributed by atoms with E-state index < -0.39 is 0 Å². The summed E-state index contributed by atoms with van der Waals surface area (Å²) >= 11 is 0. The maximum Gasteiger partial charge on any atom is 0.0638 e. The lowest BCUT2D eigenvalue weighted by molar-refractivity contribution is 0.205. The standard InChI is InChI=1S/C12H23N3/c1-11(6-7-13)14-12(2)10-15-8-4-3-5-9-15/h11-12,14H,3-6,8-10H2,1-2H3. The first-order chi connectivity index (χ1) is 7.22. The third kappa shape index (κ3) is 5.15. The second-order valence-corrected chi connectivity index (χ2v) is 4.69. The largest absolute Gasteiger partial charge is 0.309 e. The van der Waals surface area contributed by atoms with Crippen molar-refractivity contribution in [1.29, 1.82) is 5.26 Å². The van der Waals surface area contributed by atoms with Crippen LogP contribution in [0, 0.1) is 11.3 Å². The fraction of sp³-hybridized carbons (Fsp3) is 0.917. The van der Waals surface area contributed by atoms with Gasteiger partial charge in [-0.15, -0.1) is 0 Å². The summed E-state index contributed by atoms with van der Waals surface area (Å²) < 4.78 is 0. The van der Waals surface area contributed by atoms with Crippen LogP contribution in [0.1, 0.15) is 39.5 Å². The predicted molar refractivity (Wildman–Crippen MR) is 62.6 cm³/mol. The minimum Gasteiger partial charge on any atom is -0.309 e. The summed E-state index contributed by atoms with van der Waals surface area (Å²) in [4.78, 5) is 2.53. The molecule has 0 spiro atoms. The van der Waals surface area contributed by atoms with Gasteiger partial charge in [0.25, 0.3) is 0 Å². The van der Waals surface area contributed by atoms with Gasteiger partial charge < -0.3 is 10.2 Å². The van der Waals surface area contributed by atoms with Crippen LogP contribution in [0.25, 0.3) is 0 Å². The van der Waals surface area contributed by atoms with Gasteiger partial charge in [-0.3, -0.25) is 0 Å². The van der Waals surface area contributed by atoms with Crippen LogP contribution in [0.15, 0.2) is 0 Å². The van der Waals surface area contributed by atoms with Crippen LogP contribution in [0.3, 0.4) is 0 Å². The Hall–Kier alpha value is -0.590. The van der Waals surface area contributed by atoms with Crippen LogP contribution in [-0.4, -0.2) is 36.6 Å². The van der Waals surface area contributed by atoms with Gasteiger partial charge in [0.2, 0.25) is 0 Å². The van der Waals surface area contributed by atoms with E-state index in [0.29, 0.717) is 18.5 Å². The lowest BCUT2D eigenvalue weighted by atomic mass is 10.1. The van der Waals surface area contributed by atoms with Crippen molar-refractivity contribution >= 4 is 0 Å². The summed E-state index contributed by atoms with van der Waals surface area (Å²) in [6.07, 6.45) is 4.69. The van der Waals surface area contributed by atoms with E-state index in [2.05, 4.69) is 30.1 Å². The molecule has 3 heteroatoms. The Labute approximate surface area is 93.5 Å². The van der Waals surface area contributed by atoms with Crippen molar-refractivity contribution in [1.82, 2.24) is 10.2 Å². The van der Waals surface area contributed by atoms with Gasteiger partial charge in [0.15, 0.2) is 0 Å². The molecule has 1 N–H and O–H groups in total. The monoisotopic (exact) mass is 209 g/mol. The fourth-order valence-electron chi connectivity index (χ4n) is 2.26. The topological polar surface area (TPSA) is 39.1 Å². The summed E-state index contributed by atoms with van der Waals surface area (Å²) in [6.45, 7) is 7.91. The second-order valence-electron chi connectivity index (χ2n) is 4.69. The van der Waals surface area contributed by atoms with Gasteiger partial charge in [-0.1, -0.05) is 6.42 Å². The third-order valence-electron chi connectivity index (χ3n) is 2.95. The Kier molecular flexibility index (Phi) is 5.67. The SMILES string of the molecule is CC(CC#N)NC(C)CN1CCCCC1. The molecule has 1 rings (SSSR count). The van der Waals surface area contributed by atoms with Crippen molar-refractivity contribution in [3.63, 3.8) is 0 Å². The van der Waals surface area contributed by atoms with E-state index in [1.165, 1.54) is 32.4 Å². The van der Waals surface area contributed by atoms with Gasteiger partial charge >= 0.3 is 0 Å². The third-order valence-corrected chi connectivity index (χ3v) is 2.95. The zero-order valence-corrected chi connectivity index (χ0v) is 10.00. The highest BCUT2D eigenvalue weighted by molar-refractivity contribution is 4.80. The molecule has 0 aromatic rings. The van der Waals surface area contributed by atoms with E-state index >= 15 is 0 Å². The van der Waals surface area contributed by atoms with E-state index in [9.17, 15) is 0 Å². The molecule has 1 saturated heterocycles. The minimum absolute atomic E-state index is 0.315. The summed E-state index contributed by atoms with van der Waals surface area (Å²) in [5.41, 5.74) is 0. The fourth-order valence-corrected chi connectivity index (χ4v) is 2.26. The van der Waals surface area contributed by atoms with Crippen LogP contribution in [-0.2, 0) is 0 Å². The quantitative estimate of drug-likeness (QED) is 0.750. The molecule has 86 valence electrons. The molecule has 1 heterocycles. The van der Waals surface area contributed by atoms with E-state index in [-0.39, 0.29) is 0 Å². The van der Waals surface area contributed by atoms with Crippen molar-refractivity contribution in [2.24, 2.45) is 0 Å². The molecule has 1 fully saturated rings. The number of nitriles is 1. The van der Waals surface area contributed by atoms with E-state index in [4.69, 9.17) is 5.26 Å². The Morgan fingerprint density at radius 1 is 1.20 bits per heavy atom. The Morgan fingerprint density at radius 2 is 1.87 bits per heavy atom. The number of nitrogens with zero attached hydrogens (tertiary/aromatic N) is 2. The van der Waals surface area contributed by atoms with E-state index in [0.717, 1.165) is 6.54 Å². The molecule has 0 radical (unpaired) electrons. The van der Waals surface area contributed by atoms with Gasteiger partial charge in [-0.25, -0.2) is 0 Å². The second kappa shape index (κ2) is 6.81. The molecule has 1 aliphatic rings. The van der Waals surface area contributed by atoms with Crippen molar-refractivity contribution in [2.75, 3.05) is 19.6 Å². The average molecular weight is 209 g/mol. The van der Waals surface area contributed by atoms with Crippen LogP contribution >= 0.6 is 0 Å². The molecule has 2 atom stereocenters. The maximum atomic E-state index is 8.57. The van der Waals surface area contributed by atoms with Crippen LogP contribution < -0.4 is 5.32 Å². The van der Waals surface area contributed by atoms with Crippen molar-refractivity contribution in [2.45, 2.75) is 51.6 Å². The van der Waals surface area contributed by atoms with E-state index in [1.807, 2.05) is 0 Å². The first-order valence-electron chi connectivity index (χ1n) is 6.07. The number of hydrogen-bond acceptors (Lipinski definition) is 3. The maximum absolute atomic E-state index is 8.57.